The molecule has 4 nitrogen and oxygen atoms in total. The predicted molar refractivity (Wildman–Crippen MR) is 80.3 cm³/mol. The SMILES string of the molecule is O=C(Cc1ccc(Br)cc1)c1cc(Cl)cc([N+](=O)[O-])c1. The first-order valence-electron chi connectivity index (χ1n) is 5.68. The van der Waals surface area contributed by atoms with Gasteiger partial charge in [0.1, 0.15) is 0 Å². The fourth-order valence-corrected chi connectivity index (χ4v) is 2.22. The Morgan fingerprint density at radius 1 is 1.20 bits per heavy atom. The highest BCUT2D eigenvalue weighted by Gasteiger charge is 2.14. The van der Waals surface area contributed by atoms with Crippen molar-refractivity contribution in [1.82, 2.24) is 0 Å². The third-order valence-corrected chi connectivity index (χ3v) is 3.44. The van der Waals surface area contributed by atoms with E-state index in [2.05, 4.69) is 15.9 Å². The molecule has 2 aromatic carbocycles. The van der Waals surface area contributed by atoms with Gasteiger partial charge in [-0.15, -0.1) is 0 Å². The van der Waals surface area contributed by atoms with Crippen molar-refractivity contribution in [3.8, 4) is 0 Å². The zero-order valence-corrected chi connectivity index (χ0v) is 12.5. The molecule has 0 amide bonds. The van der Waals surface area contributed by atoms with Crippen LogP contribution in [-0.4, -0.2) is 10.7 Å². The zero-order chi connectivity index (χ0) is 14.7. The molecule has 0 spiro atoms. The molecule has 0 unspecified atom stereocenters. The highest BCUT2D eigenvalue weighted by molar-refractivity contribution is 9.10. The molecule has 0 aliphatic rings. The Labute approximate surface area is 128 Å². The summed E-state index contributed by atoms with van der Waals surface area (Å²) in [5.41, 5.74) is 0.893. The Morgan fingerprint density at radius 2 is 1.85 bits per heavy atom. The number of halogens is 2. The van der Waals surface area contributed by atoms with E-state index in [4.69, 9.17) is 11.6 Å². The lowest BCUT2D eigenvalue weighted by atomic mass is 10.0. The Balaban J connectivity index is 2.25. The number of nitro groups is 1. The first-order valence-corrected chi connectivity index (χ1v) is 6.85. The largest absolute Gasteiger partial charge is 0.294 e. The van der Waals surface area contributed by atoms with Crippen LogP contribution in [0.5, 0.6) is 0 Å². The Hall–Kier alpha value is -1.72. The number of non-ortho nitro benzene ring substituents is 1. The Kier molecular flexibility index (Phi) is 4.52. The minimum atomic E-state index is -0.567. The number of Topliss-reactive ketones (excluding diaryl/α,β-unsaturated/α-hetero) is 1. The highest BCUT2D eigenvalue weighted by Crippen LogP contribution is 2.22. The molecule has 20 heavy (non-hydrogen) atoms. The molecule has 0 N–H and O–H groups in total. The average molecular weight is 355 g/mol. The summed E-state index contributed by atoms with van der Waals surface area (Å²) in [5.74, 6) is -0.210. The molecule has 102 valence electrons. The van der Waals surface area contributed by atoms with Crippen molar-refractivity contribution in [2.24, 2.45) is 0 Å². The van der Waals surface area contributed by atoms with E-state index < -0.39 is 4.92 Å². The number of nitro benzene ring substituents is 1. The average Bonchev–Trinajstić information content (AvgIpc) is 2.40. The molecular formula is C14H9BrClNO3. The van der Waals surface area contributed by atoms with Crippen molar-refractivity contribution in [2.75, 3.05) is 0 Å². The normalized spacial score (nSPS) is 10.3. The maximum absolute atomic E-state index is 12.1. The van der Waals surface area contributed by atoms with Crippen LogP contribution in [0.15, 0.2) is 46.9 Å². The van der Waals surface area contributed by atoms with Crippen molar-refractivity contribution in [1.29, 1.82) is 0 Å². The minimum absolute atomic E-state index is 0.171. The van der Waals surface area contributed by atoms with E-state index in [1.165, 1.54) is 18.2 Å². The first-order chi connectivity index (χ1) is 9.45. The monoisotopic (exact) mass is 353 g/mol. The van der Waals surface area contributed by atoms with Gasteiger partial charge in [0.25, 0.3) is 5.69 Å². The first kappa shape index (κ1) is 14.7. The van der Waals surface area contributed by atoms with Crippen LogP contribution in [0.25, 0.3) is 0 Å². The van der Waals surface area contributed by atoms with Gasteiger partial charge in [-0.25, -0.2) is 0 Å². The predicted octanol–water partition coefficient (Wildman–Crippen LogP) is 4.44. The summed E-state index contributed by atoms with van der Waals surface area (Å²) < 4.78 is 0.923. The Bertz CT molecular complexity index is 671. The third kappa shape index (κ3) is 3.65. The number of hydrogen-bond acceptors (Lipinski definition) is 3. The zero-order valence-electron chi connectivity index (χ0n) is 10.2. The summed E-state index contributed by atoms with van der Waals surface area (Å²) >= 11 is 9.11. The smallest absolute Gasteiger partial charge is 0.271 e. The van der Waals surface area contributed by atoms with Crippen LogP contribution in [-0.2, 0) is 6.42 Å². The molecule has 0 atom stereocenters. The van der Waals surface area contributed by atoms with Gasteiger partial charge in [-0.1, -0.05) is 39.7 Å². The van der Waals surface area contributed by atoms with Gasteiger partial charge in [0.05, 0.1) is 4.92 Å². The van der Waals surface area contributed by atoms with E-state index in [1.807, 2.05) is 24.3 Å². The summed E-state index contributed by atoms with van der Waals surface area (Å²) in [7, 11) is 0. The molecule has 0 saturated heterocycles. The standard InChI is InChI=1S/C14H9BrClNO3/c15-11-3-1-9(2-4-11)5-14(18)10-6-12(16)8-13(7-10)17(19)20/h1-4,6-8H,5H2. The second-order valence-corrected chi connectivity index (χ2v) is 5.53. The molecule has 0 heterocycles. The second-order valence-electron chi connectivity index (χ2n) is 4.18. The number of nitrogens with zero attached hydrogens (tertiary/aromatic N) is 1. The molecule has 2 rings (SSSR count). The summed E-state index contributed by atoms with van der Waals surface area (Å²) in [6.07, 6.45) is 0.171. The summed E-state index contributed by atoms with van der Waals surface area (Å²) in [6, 6.07) is 11.2. The van der Waals surface area contributed by atoms with Gasteiger partial charge in [-0.05, 0) is 23.8 Å². The number of benzene rings is 2. The molecule has 0 aromatic heterocycles. The fraction of sp³-hybridized carbons (Fsp3) is 0.0714. The van der Waals surface area contributed by atoms with Crippen LogP contribution in [0.4, 0.5) is 5.69 Å². The molecule has 0 fully saturated rings. The van der Waals surface area contributed by atoms with Crippen molar-refractivity contribution in [3.63, 3.8) is 0 Å². The molecule has 0 saturated carbocycles. The number of carbonyl (C=O) groups excluding carboxylic acids is 1. The van der Waals surface area contributed by atoms with Crippen LogP contribution in [0.3, 0.4) is 0 Å². The molecular weight excluding hydrogens is 346 g/mol. The van der Waals surface area contributed by atoms with Gasteiger partial charge < -0.3 is 0 Å². The summed E-state index contributed by atoms with van der Waals surface area (Å²) in [6.45, 7) is 0. The Morgan fingerprint density at radius 3 is 2.45 bits per heavy atom. The fourth-order valence-electron chi connectivity index (χ4n) is 1.73. The highest BCUT2D eigenvalue weighted by atomic mass is 79.9. The van der Waals surface area contributed by atoms with Crippen LogP contribution in [0.2, 0.25) is 5.02 Å². The number of carbonyl (C=O) groups is 1. The summed E-state index contributed by atoms with van der Waals surface area (Å²) in [4.78, 5) is 22.3. The van der Waals surface area contributed by atoms with Crippen LogP contribution < -0.4 is 0 Å². The minimum Gasteiger partial charge on any atom is -0.294 e. The summed E-state index contributed by atoms with van der Waals surface area (Å²) in [5, 5.41) is 10.9. The van der Waals surface area contributed by atoms with Crippen LogP contribution >= 0.6 is 27.5 Å². The topological polar surface area (TPSA) is 60.2 Å². The van der Waals surface area contributed by atoms with Gasteiger partial charge in [-0.2, -0.15) is 0 Å². The van der Waals surface area contributed by atoms with Crippen molar-refractivity contribution >= 4 is 39.0 Å². The maximum atomic E-state index is 12.1. The van der Waals surface area contributed by atoms with E-state index in [0.717, 1.165) is 10.0 Å². The van der Waals surface area contributed by atoms with E-state index >= 15 is 0 Å². The number of ketones is 1. The molecule has 0 aliphatic heterocycles. The number of hydrogen-bond donors (Lipinski definition) is 0. The van der Waals surface area contributed by atoms with Gasteiger partial charge in [0, 0.05) is 33.6 Å². The van der Waals surface area contributed by atoms with Gasteiger partial charge in [0.15, 0.2) is 5.78 Å². The second kappa shape index (κ2) is 6.15. The van der Waals surface area contributed by atoms with Crippen LogP contribution in [0, 0.1) is 10.1 Å². The van der Waals surface area contributed by atoms with Crippen molar-refractivity contribution in [3.05, 3.63) is 73.2 Å². The van der Waals surface area contributed by atoms with Gasteiger partial charge >= 0.3 is 0 Å². The van der Waals surface area contributed by atoms with Crippen LogP contribution in [0.1, 0.15) is 15.9 Å². The van der Waals surface area contributed by atoms with E-state index in [-0.39, 0.29) is 28.5 Å². The third-order valence-electron chi connectivity index (χ3n) is 2.69. The molecule has 0 bridgehead atoms. The lowest BCUT2D eigenvalue weighted by Gasteiger charge is -2.03. The van der Waals surface area contributed by atoms with E-state index in [9.17, 15) is 14.9 Å². The van der Waals surface area contributed by atoms with E-state index in [0.29, 0.717) is 0 Å². The van der Waals surface area contributed by atoms with E-state index in [1.54, 1.807) is 0 Å². The quantitative estimate of drug-likeness (QED) is 0.463. The molecule has 0 aliphatic carbocycles. The maximum Gasteiger partial charge on any atom is 0.271 e. The molecule has 6 heteroatoms. The van der Waals surface area contributed by atoms with Crippen molar-refractivity contribution < 1.29 is 9.72 Å². The molecule has 0 radical (unpaired) electrons. The van der Waals surface area contributed by atoms with Crippen molar-refractivity contribution in [2.45, 2.75) is 6.42 Å². The molecule has 2 aromatic rings. The van der Waals surface area contributed by atoms with Gasteiger partial charge in [-0.3, -0.25) is 14.9 Å². The number of rotatable bonds is 4. The lowest BCUT2D eigenvalue weighted by molar-refractivity contribution is -0.384. The lowest BCUT2D eigenvalue weighted by Crippen LogP contribution is -2.04. The van der Waals surface area contributed by atoms with Gasteiger partial charge in [0.2, 0.25) is 0 Å².